The molecule has 9 nitrogen and oxygen atoms in total. The number of hydrogen-bond acceptors (Lipinski definition) is 7. The van der Waals surface area contributed by atoms with E-state index in [1.54, 1.807) is 12.1 Å². The largest absolute Gasteiger partial charge is 0.478 e. The smallest absolute Gasteiger partial charge is 0.337 e. The van der Waals surface area contributed by atoms with Gasteiger partial charge in [0, 0.05) is 25.2 Å². The number of anilines is 1. The number of aromatic carboxylic acids is 1. The molecule has 2 aromatic heterocycles. The number of nitrogens with zero attached hydrogens (tertiary/aromatic N) is 3. The fraction of sp³-hybridized carbons (Fsp3) is 0.478. The van der Waals surface area contributed by atoms with Crippen molar-refractivity contribution in [3.05, 3.63) is 40.4 Å². The van der Waals surface area contributed by atoms with Crippen LogP contribution in [0.5, 0.6) is 0 Å². The van der Waals surface area contributed by atoms with Crippen LogP contribution in [0.15, 0.2) is 18.2 Å². The molecule has 1 saturated heterocycles. The van der Waals surface area contributed by atoms with Crippen LogP contribution < -0.4 is 15.5 Å². The first-order chi connectivity index (χ1) is 16.3. The number of amides is 1. The van der Waals surface area contributed by atoms with Gasteiger partial charge in [-0.2, -0.15) is 0 Å². The summed E-state index contributed by atoms with van der Waals surface area (Å²) in [5, 5.41) is 17.3. The molecular weight excluding hydrogens is 476 g/mol. The Labute approximate surface area is 206 Å². The molecule has 2 atom stereocenters. The summed E-state index contributed by atoms with van der Waals surface area (Å²) in [4.78, 5) is 38.5. The van der Waals surface area contributed by atoms with E-state index in [0.29, 0.717) is 47.2 Å². The van der Waals surface area contributed by atoms with Gasteiger partial charge in [0.2, 0.25) is 0 Å². The zero-order valence-corrected chi connectivity index (χ0v) is 21.0. The molecule has 3 heterocycles. The Hall–Kier alpha value is -2.69. The molecule has 1 fully saturated rings. The minimum absolute atomic E-state index is 0.0119. The van der Waals surface area contributed by atoms with Crippen molar-refractivity contribution in [1.82, 2.24) is 25.6 Å². The van der Waals surface area contributed by atoms with Gasteiger partial charge in [-0.1, -0.05) is 49.8 Å². The lowest BCUT2D eigenvalue weighted by Crippen LogP contribution is -2.60. The quantitative estimate of drug-likeness (QED) is 0.370. The molecule has 0 spiro atoms. The third-order valence-electron chi connectivity index (χ3n) is 5.92. The first kappa shape index (κ1) is 24.4. The van der Waals surface area contributed by atoms with E-state index < -0.39 is 5.97 Å². The van der Waals surface area contributed by atoms with E-state index in [4.69, 9.17) is 16.6 Å². The standard InChI is InChI=1S/C23H29ClN6O3S/c1-4-14-19(24)29-20(26-14)21(31)27-15-8-9-30(11-17(15)25-10-12(2)3)23-28-16-7-5-6-13(22(32)33)18(16)34-23/h5-7,12,15,17,25H,4,8-11H2,1-3H3,(H,26,29)(H,27,31)(H,32,33)/t15?,17-/m0/s1. The molecule has 1 aromatic carbocycles. The third-order valence-corrected chi connectivity index (χ3v) is 7.40. The maximum atomic E-state index is 12.9. The van der Waals surface area contributed by atoms with Gasteiger partial charge >= 0.3 is 5.97 Å². The van der Waals surface area contributed by atoms with Crippen LogP contribution in [0.4, 0.5) is 5.13 Å². The van der Waals surface area contributed by atoms with E-state index in [1.165, 1.54) is 11.3 Å². The van der Waals surface area contributed by atoms with Gasteiger partial charge in [0.15, 0.2) is 16.1 Å². The second-order valence-electron chi connectivity index (χ2n) is 8.89. The van der Waals surface area contributed by atoms with Gasteiger partial charge in [-0.25, -0.2) is 14.8 Å². The number of benzene rings is 1. The molecule has 1 aliphatic heterocycles. The van der Waals surface area contributed by atoms with Crippen LogP contribution >= 0.6 is 22.9 Å². The highest BCUT2D eigenvalue weighted by atomic mass is 35.5. The number of piperidine rings is 1. The summed E-state index contributed by atoms with van der Waals surface area (Å²) in [6.07, 6.45) is 1.38. The fourth-order valence-corrected chi connectivity index (χ4v) is 5.47. The fourth-order valence-electron chi connectivity index (χ4n) is 4.10. The Kier molecular flexibility index (Phi) is 7.39. The summed E-state index contributed by atoms with van der Waals surface area (Å²) in [7, 11) is 0. The predicted molar refractivity (Wildman–Crippen MR) is 134 cm³/mol. The molecule has 182 valence electrons. The average molecular weight is 505 g/mol. The summed E-state index contributed by atoms with van der Waals surface area (Å²) in [6.45, 7) is 8.36. The van der Waals surface area contributed by atoms with Crippen LogP contribution in [0.3, 0.4) is 0 Å². The van der Waals surface area contributed by atoms with Gasteiger partial charge in [0.1, 0.15) is 0 Å². The molecule has 1 aliphatic rings. The number of imidazole rings is 1. The highest BCUT2D eigenvalue weighted by molar-refractivity contribution is 7.22. The van der Waals surface area contributed by atoms with Crippen LogP contribution in [0.2, 0.25) is 5.15 Å². The van der Waals surface area contributed by atoms with Crippen molar-refractivity contribution in [2.75, 3.05) is 24.5 Å². The van der Waals surface area contributed by atoms with E-state index in [9.17, 15) is 14.7 Å². The lowest BCUT2D eigenvalue weighted by molar-refractivity contribution is 0.0699. The Morgan fingerprint density at radius 2 is 2.12 bits per heavy atom. The van der Waals surface area contributed by atoms with E-state index in [0.717, 1.165) is 17.4 Å². The van der Waals surface area contributed by atoms with Crippen molar-refractivity contribution < 1.29 is 14.7 Å². The number of carboxylic acid groups (broad SMARTS) is 1. The van der Waals surface area contributed by atoms with Gasteiger partial charge in [0.05, 0.1) is 21.5 Å². The van der Waals surface area contributed by atoms with E-state index in [-0.39, 0.29) is 29.4 Å². The van der Waals surface area contributed by atoms with Crippen LogP contribution in [0.1, 0.15) is 53.9 Å². The maximum absolute atomic E-state index is 12.9. The highest BCUT2D eigenvalue weighted by Crippen LogP contribution is 2.33. The lowest BCUT2D eigenvalue weighted by atomic mass is 9.98. The number of fused-ring (bicyclic) bond motifs is 1. The van der Waals surface area contributed by atoms with Crippen molar-refractivity contribution in [2.24, 2.45) is 5.92 Å². The van der Waals surface area contributed by atoms with Crippen molar-refractivity contribution in [3.8, 4) is 0 Å². The average Bonchev–Trinajstić information content (AvgIpc) is 3.41. The Morgan fingerprint density at radius 1 is 1.32 bits per heavy atom. The molecule has 34 heavy (non-hydrogen) atoms. The monoisotopic (exact) mass is 504 g/mol. The van der Waals surface area contributed by atoms with Gasteiger partial charge in [0.25, 0.3) is 5.91 Å². The molecule has 4 rings (SSSR count). The molecular formula is C23H29ClN6O3S. The first-order valence-corrected chi connectivity index (χ1v) is 12.6. The number of carbonyl (C=O) groups is 2. The van der Waals surface area contributed by atoms with Gasteiger partial charge in [-0.05, 0) is 37.4 Å². The van der Waals surface area contributed by atoms with Crippen LogP contribution in [0, 0.1) is 5.92 Å². The van der Waals surface area contributed by atoms with E-state index in [2.05, 4.69) is 39.3 Å². The van der Waals surface area contributed by atoms with Crippen LogP contribution in [-0.2, 0) is 6.42 Å². The minimum atomic E-state index is -0.956. The number of aromatic nitrogens is 3. The number of H-pyrrole nitrogens is 1. The molecule has 11 heteroatoms. The Morgan fingerprint density at radius 3 is 2.79 bits per heavy atom. The summed E-state index contributed by atoms with van der Waals surface area (Å²) < 4.78 is 0.675. The number of hydrogen-bond donors (Lipinski definition) is 4. The number of rotatable bonds is 8. The maximum Gasteiger partial charge on any atom is 0.337 e. The third kappa shape index (κ3) is 5.18. The van der Waals surface area contributed by atoms with Gasteiger partial charge < -0.3 is 25.6 Å². The summed E-state index contributed by atoms with van der Waals surface area (Å²) in [5.74, 6) is -0.562. The highest BCUT2D eigenvalue weighted by Gasteiger charge is 2.32. The molecule has 0 radical (unpaired) electrons. The number of halogens is 1. The predicted octanol–water partition coefficient (Wildman–Crippen LogP) is 3.56. The molecule has 0 saturated carbocycles. The zero-order chi connectivity index (χ0) is 24.4. The van der Waals surface area contributed by atoms with Crippen LogP contribution in [-0.4, -0.2) is 63.7 Å². The molecule has 1 unspecified atom stereocenters. The van der Waals surface area contributed by atoms with Crippen molar-refractivity contribution in [2.45, 2.75) is 45.7 Å². The second kappa shape index (κ2) is 10.3. The zero-order valence-electron chi connectivity index (χ0n) is 19.4. The molecule has 4 N–H and O–H groups in total. The number of nitrogens with one attached hydrogen (secondary N) is 3. The van der Waals surface area contributed by atoms with E-state index >= 15 is 0 Å². The molecule has 1 amide bonds. The number of carboxylic acids is 1. The first-order valence-electron chi connectivity index (χ1n) is 11.4. The minimum Gasteiger partial charge on any atom is -0.478 e. The Balaban J connectivity index is 1.52. The van der Waals surface area contributed by atoms with Crippen molar-refractivity contribution in [1.29, 1.82) is 0 Å². The van der Waals surface area contributed by atoms with Crippen molar-refractivity contribution in [3.63, 3.8) is 0 Å². The van der Waals surface area contributed by atoms with Gasteiger partial charge in [-0.15, -0.1) is 0 Å². The van der Waals surface area contributed by atoms with Gasteiger partial charge in [-0.3, -0.25) is 4.79 Å². The van der Waals surface area contributed by atoms with E-state index in [1.807, 2.05) is 13.0 Å². The normalized spacial score (nSPS) is 18.6. The lowest BCUT2D eigenvalue weighted by Gasteiger charge is -2.39. The topological polar surface area (TPSA) is 123 Å². The second-order valence-corrected chi connectivity index (χ2v) is 10.2. The van der Waals surface area contributed by atoms with Crippen LogP contribution in [0.25, 0.3) is 10.2 Å². The summed E-state index contributed by atoms with van der Waals surface area (Å²) in [6, 6.07) is 5.05. The summed E-state index contributed by atoms with van der Waals surface area (Å²) in [5.41, 5.74) is 1.69. The molecule has 0 aliphatic carbocycles. The molecule has 0 bridgehead atoms. The number of carbonyl (C=O) groups excluding carboxylic acids is 1. The van der Waals surface area contributed by atoms with Crippen molar-refractivity contribution >= 4 is 50.2 Å². The number of aryl methyl sites for hydroxylation is 1. The SMILES string of the molecule is CCc1[nH]c(C(=O)NC2CCN(c3nc4cccc(C(=O)O)c4s3)C[C@@H]2NCC(C)C)nc1Cl. The number of thiazole rings is 1. The molecule has 3 aromatic rings. The summed E-state index contributed by atoms with van der Waals surface area (Å²) >= 11 is 7.51. The Bertz CT molecular complexity index is 1190. The number of aromatic amines is 1.